The van der Waals surface area contributed by atoms with Crippen molar-refractivity contribution < 1.29 is 19.1 Å². The van der Waals surface area contributed by atoms with Crippen LogP contribution in [0.5, 0.6) is 0 Å². The number of nitrogens with one attached hydrogen (secondary N) is 1. The smallest absolute Gasteiger partial charge is 0.326 e. The molecule has 0 fully saturated rings. The number of rotatable bonds is 5. The van der Waals surface area contributed by atoms with Crippen molar-refractivity contribution in [1.82, 2.24) is 5.32 Å². The van der Waals surface area contributed by atoms with Crippen molar-refractivity contribution >= 4 is 27.8 Å². The van der Waals surface area contributed by atoms with Crippen LogP contribution in [0.4, 0.5) is 0 Å². The third-order valence-corrected chi connectivity index (χ3v) is 2.66. The van der Waals surface area contributed by atoms with Crippen molar-refractivity contribution in [3.63, 3.8) is 0 Å². The average molecular weight is 290 g/mol. The molecule has 0 aliphatic carbocycles. The van der Waals surface area contributed by atoms with Gasteiger partial charge < -0.3 is 14.8 Å². The first kappa shape index (κ1) is 12.8. The van der Waals surface area contributed by atoms with Crippen LogP contribution < -0.4 is 5.32 Å². The largest absolute Gasteiger partial charge is 0.480 e. The Morgan fingerprint density at radius 3 is 2.75 bits per heavy atom. The van der Waals surface area contributed by atoms with Crippen LogP contribution >= 0.6 is 15.9 Å². The molecule has 0 aliphatic rings. The van der Waals surface area contributed by atoms with Crippen LogP contribution in [0, 0.1) is 0 Å². The summed E-state index contributed by atoms with van der Waals surface area (Å²) in [5.74, 6) is -1.49. The minimum Gasteiger partial charge on any atom is -0.480 e. The molecule has 1 atom stereocenters. The van der Waals surface area contributed by atoms with Crippen molar-refractivity contribution in [2.45, 2.75) is 25.8 Å². The zero-order valence-electron chi connectivity index (χ0n) is 8.70. The molecular formula is C10H12BrNO4. The van der Waals surface area contributed by atoms with Crippen LogP contribution in [0.1, 0.15) is 30.1 Å². The van der Waals surface area contributed by atoms with E-state index in [1.165, 1.54) is 12.3 Å². The summed E-state index contributed by atoms with van der Waals surface area (Å²) < 4.78 is 5.19. The number of aliphatic carboxylic acids is 1. The summed E-state index contributed by atoms with van der Waals surface area (Å²) in [6, 6.07) is 0.615. The summed E-state index contributed by atoms with van der Waals surface area (Å²) in [4.78, 5) is 22.5. The number of carboxylic acid groups (broad SMARTS) is 1. The fraction of sp³-hybridized carbons (Fsp3) is 0.400. The molecule has 0 saturated heterocycles. The van der Waals surface area contributed by atoms with Gasteiger partial charge in [-0.3, -0.25) is 4.79 Å². The van der Waals surface area contributed by atoms with Crippen molar-refractivity contribution in [3.8, 4) is 0 Å². The Labute approximate surface area is 101 Å². The molecule has 1 aromatic rings. The van der Waals surface area contributed by atoms with E-state index < -0.39 is 17.9 Å². The van der Waals surface area contributed by atoms with E-state index in [1.54, 1.807) is 0 Å². The Morgan fingerprint density at radius 1 is 1.62 bits per heavy atom. The lowest BCUT2D eigenvalue weighted by Gasteiger charge is -2.12. The standard InChI is InChI=1S/C10H12BrNO4/c1-2-3-7(10(14)15)12-9(13)6-4-5-16-8(6)11/h4-5,7H,2-3H2,1H3,(H,12,13)(H,14,15)/t7-/m0/s1. The second-order valence-electron chi connectivity index (χ2n) is 3.26. The number of furan rings is 1. The van der Waals surface area contributed by atoms with E-state index in [0.717, 1.165) is 0 Å². The maximum absolute atomic E-state index is 11.7. The summed E-state index contributed by atoms with van der Waals surface area (Å²) in [6.07, 6.45) is 2.44. The van der Waals surface area contributed by atoms with Crippen LogP contribution in [-0.2, 0) is 4.79 Å². The van der Waals surface area contributed by atoms with Gasteiger partial charge in [0.05, 0.1) is 11.8 Å². The summed E-state index contributed by atoms with van der Waals surface area (Å²) in [5, 5.41) is 11.3. The van der Waals surface area contributed by atoms with Crippen molar-refractivity contribution in [2.75, 3.05) is 0 Å². The van der Waals surface area contributed by atoms with E-state index in [0.29, 0.717) is 23.1 Å². The molecular weight excluding hydrogens is 278 g/mol. The molecule has 0 spiro atoms. The second-order valence-corrected chi connectivity index (χ2v) is 3.98. The Balaban J connectivity index is 2.69. The number of hydrogen-bond acceptors (Lipinski definition) is 3. The SMILES string of the molecule is CCC[C@H](NC(=O)c1ccoc1Br)C(=O)O. The topological polar surface area (TPSA) is 79.5 Å². The minimum atomic E-state index is -1.03. The van der Waals surface area contributed by atoms with Crippen molar-refractivity contribution in [1.29, 1.82) is 0 Å². The maximum atomic E-state index is 11.7. The molecule has 5 nitrogen and oxygen atoms in total. The van der Waals surface area contributed by atoms with Crippen LogP contribution in [0.3, 0.4) is 0 Å². The second kappa shape index (κ2) is 5.69. The highest BCUT2D eigenvalue weighted by atomic mass is 79.9. The number of carbonyl (C=O) groups excluding carboxylic acids is 1. The molecule has 0 aromatic carbocycles. The number of amides is 1. The zero-order chi connectivity index (χ0) is 12.1. The molecule has 0 unspecified atom stereocenters. The highest BCUT2D eigenvalue weighted by molar-refractivity contribution is 9.10. The first-order chi connectivity index (χ1) is 7.56. The predicted molar refractivity (Wildman–Crippen MR) is 60.2 cm³/mol. The van der Waals surface area contributed by atoms with Gasteiger partial charge in [-0.25, -0.2) is 4.79 Å². The quantitative estimate of drug-likeness (QED) is 0.869. The molecule has 0 aliphatic heterocycles. The van der Waals surface area contributed by atoms with Gasteiger partial charge in [-0.05, 0) is 28.4 Å². The van der Waals surface area contributed by atoms with Crippen LogP contribution in [0.2, 0.25) is 0 Å². The highest BCUT2D eigenvalue weighted by Gasteiger charge is 2.21. The average Bonchev–Trinajstić information content (AvgIpc) is 2.63. The highest BCUT2D eigenvalue weighted by Crippen LogP contribution is 2.17. The van der Waals surface area contributed by atoms with Crippen LogP contribution in [-0.4, -0.2) is 23.0 Å². The molecule has 0 saturated carbocycles. The minimum absolute atomic E-state index is 0.294. The Morgan fingerprint density at radius 2 is 2.31 bits per heavy atom. The first-order valence-corrected chi connectivity index (χ1v) is 5.62. The molecule has 16 heavy (non-hydrogen) atoms. The van der Waals surface area contributed by atoms with E-state index in [-0.39, 0.29) is 0 Å². The molecule has 1 aromatic heterocycles. The molecule has 1 heterocycles. The molecule has 1 amide bonds. The van der Waals surface area contributed by atoms with Gasteiger partial charge in [-0.15, -0.1) is 0 Å². The van der Waals surface area contributed by atoms with Gasteiger partial charge >= 0.3 is 5.97 Å². The fourth-order valence-corrected chi connectivity index (χ4v) is 1.66. The summed E-state index contributed by atoms with van der Waals surface area (Å²) >= 11 is 3.06. The number of halogens is 1. The fourth-order valence-electron chi connectivity index (χ4n) is 1.24. The normalized spacial score (nSPS) is 12.1. The van der Waals surface area contributed by atoms with Crippen LogP contribution in [0.15, 0.2) is 21.4 Å². The van der Waals surface area contributed by atoms with E-state index in [1.807, 2.05) is 6.92 Å². The van der Waals surface area contributed by atoms with E-state index in [9.17, 15) is 9.59 Å². The number of carboxylic acids is 1. The Kier molecular flexibility index (Phi) is 4.54. The monoisotopic (exact) mass is 289 g/mol. The number of hydrogen-bond donors (Lipinski definition) is 2. The lowest BCUT2D eigenvalue weighted by molar-refractivity contribution is -0.139. The van der Waals surface area contributed by atoms with Gasteiger partial charge in [0.25, 0.3) is 5.91 Å². The van der Waals surface area contributed by atoms with Gasteiger partial charge in [0.15, 0.2) is 4.67 Å². The summed E-state index contributed by atoms with van der Waals surface area (Å²) in [5.41, 5.74) is 0.294. The van der Waals surface area contributed by atoms with Crippen molar-refractivity contribution in [2.24, 2.45) is 0 Å². The van der Waals surface area contributed by atoms with E-state index in [2.05, 4.69) is 21.2 Å². The first-order valence-electron chi connectivity index (χ1n) is 4.83. The number of carbonyl (C=O) groups is 2. The van der Waals surface area contributed by atoms with Crippen LogP contribution in [0.25, 0.3) is 0 Å². The van der Waals surface area contributed by atoms with Gasteiger partial charge in [-0.2, -0.15) is 0 Å². The molecule has 88 valence electrons. The van der Waals surface area contributed by atoms with E-state index >= 15 is 0 Å². The molecule has 0 radical (unpaired) electrons. The predicted octanol–water partition coefficient (Wildman–Crippen LogP) is 2.03. The molecule has 1 rings (SSSR count). The third-order valence-electron chi connectivity index (χ3n) is 2.04. The lowest BCUT2D eigenvalue weighted by atomic mass is 10.1. The Hall–Kier alpha value is -1.30. The molecule has 2 N–H and O–H groups in total. The zero-order valence-corrected chi connectivity index (χ0v) is 10.3. The van der Waals surface area contributed by atoms with Gasteiger partial charge in [-0.1, -0.05) is 13.3 Å². The summed E-state index contributed by atoms with van der Waals surface area (Å²) in [7, 11) is 0. The van der Waals surface area contributed by atoms with Gasteiger partial charge in [0.2, 0.25) is 0 Å². The molecule has 6 heteroatoms. The summed E-state index contributed by atoms with van der Waals surface area (Å²) in [6.45, 7) is 1.86. The third kappa shape index (κ3) is 3.10. The van der Waals surface area contributed by atoms with E-state index in [4.69, 9.17) is 9.52 Å². The Bertz CT molecular complexity index is 388. The van der Waals surface area contributed by atoms with Gasteiger partial charge in [0, 0.05) is 0 Å². The maximum Gasteiger partial charge on any atom is 0.326 e. The lowest BCUT2D eigenvalue weighted by Crippen LogP contribution is -2.40. The van der Waals surface area contributed by atoms with Gasteiger partial charge in [0.1, 0.15) is 6.04 Å². The molecule has 0 bridgehead atoms. The van der Waals surface area contributed by atoms with Crippen molar-refractivity contribution in [3.05, 3.63) is 22.6 Å².